The minimum absolute atomic E-state index is 0.185. The minimum Gasteiger partial charge on any atom is -0.393 e. The lowest BCUT2D eigenvalue weighted by Crippen LogP contribution is -2.38. The van der Waals surface area contributed by atoms with Crippen LogP contribution in [0.2, 0.25) is 0 Å². The Bertz CT molecular complexity index is 920. The van der Waals surface area contributed by atoms with Gasteiger partial charge in [0, 0.05) is 0 Å². The lowest BCUT2D eigenvalue weighted by Gasteiger charge is -2.24. The molecule has 4 N–H and O–H groups in total. The Morgan fingerprint density at radius 2 is 0.692 bits per heavy atom. The molecule has 0 fully saturated rings. The summed E-state index contributed by atoms with van der Waals surface area (Å²) < 4.78 is 9.77. The van der Waals surface area contributed by atoms with E-state index in [0.29, 0.717) is 12.8 Å². The Hall–Kier alpha value is -2.14. The Morgan fingerprint density at radius 1 is 0.423 bits per heavy atom. The van der Waals surface area contributed by atoms with Gasteiger partial charge in [-0.1, -0.05) is 167 Å². The largest absolute Gasteiger partial charge is 0.393 e. The van der Waals surface area contributed by atoms with Gasteiger partial charge in [-0.2, -0.15) is 0 Å². The first kappa shape index (κ1) is 49.9. The van der Waals surface area contributed by atoms with Crippen LogP contribution in [-0.4, -0.2) is 69.7 Å². The molecule has 10 heteroatoms. The van der Waals surface area contributed by atoms with Gasteiger partial charge in [-0.05, 0) is 38.5 Å². The van der Waals surface area contributed by atoms with E-state index in [4.69, 9.17) is 19.7 Å². The van der Waals surface area contributed by atoms with Gasteiger partial charge >= 0.3 is 23.9 Å². The molecule has 0 aromatic rings. The van der Waals surface area contributed by atoms with E-state index >= 15 is 0 Å². The first-order valence-corrected chi connectivity index (χ1v) is 21.0. The highest BCUT2D eigenvalue weighted by Gasteiger charge is 2.38. The van der Waals surface area contributed by atoms with Crippen LogP contribution >= 0.6 is 0 Å². The summed E-state index contributed by atoms with van der Waals surface area (Å²) in [4.78, 5) is 51.0. The van der Waals surface area contributed by atoms with Crippen molar-refractivity contribution in [3.05, 3.63) is 12.2 Å². The van der Waals surface area contributed by atoms with Crippen LogP contribution < -0.4 is 0 Å². The van der Waals surface area contributed by atoms with E-state index in [1.165, 1.54) is 96.3 Å². The Kier molecular flexibility index (Phi) is 34.4. The first-order chi connectivity index (χ1) is 25.2. The number of hydrogen-bond acceptors (Lipinski definition) is 10. The topological polar surface area (TPSA) is 168 Å². The van der Waals surface area contributed by atoms with Gasteiger partial charge in [-0.25, -0.2) is 9.59 Å². The summed E-state index contributed by atoms with van der Waals surface area (Å²) in [5, 5.41) is 37.7. The highest BCUT2D eigenvalue weighted by molar-refractivity contribution is 5.94. The van der Waals surface area contributed by atoms with Crippen molar-refractivity contribution in [2.75, 3.05) is 13.2 Å². The van der Waals surface area contributed by atoms with Crippen molar-refractivity contribution < 1.29 is 49.1 Å². The van der Waals surface area contributed by atoms with Crippen LogP contribution in [0.15, 0.2) is 12.2 Å². The fourth-order valence-corrected chi connectivity index (χ4v) is 6.42. The van der Waals surface area contributed by atoms with Crippen molar-refractivity contribution in [1.82, 2.24) is 0 Å². The molecule has 0 spiro atoms. The zero-order chi connectivity index (χ0) is 38.7. The van der Waals surface area contributed by atoms with Crippen LogP contribution in [0.5, 0.6) is 0 Å². The number of rotatable bonds is 36. The van der Waals surface area contributed by atoms with Gasteiger partial charge in [0.15, 0.2) is 12.2 Å². The SMILES string of the molecule is CCCCCCCC/C=C\CCCCCCC(C(=O)OC(=O)C(O)CO)C(CCCCCCCCCCCCCCCC)C(=O)OC(=O)C(O)CO. The summed E-state index contributed by atoms with van der Waals surface area (Å²) in [6.07, 6.45) is 30.0. The normalized spacial score (nSPS) is 13.9. The lowest BCUT2D eigenvalue weighted by molar-refractivity contribution is -0.178. The van der Waals surface area contributed by atoms with Crippen molar-refractivity contribution in [3.63, 3.8) is 0 Å². The van der Waals surface area contributed by atoms with Crippen molar-refractivity contribution in [1.29, 1.82) is 0 Å². The van der Waals surface area contributed by atoms with E-state index < -0.39 is 61.1 Å². The van der Waals surface area contributed by atoms with Crippen molar-refractivity contribution >= 4 is 23.9 Å². The number of allylic oxidation sites excluding steroid dienone is 2. The quantitative estimate of drug-likeness (QED) is 0.0211. The molecule has 304 valence electrons. The average Bonchev–Trinajstić information content (AvgIpc) is 3.14. The highest BCUT2D eigenvalue weighted by atomic mass is 16.6. The number of aliphatic hydroxyl groups is 4. The van der Waals surface area contributed by atoms with E-state index in [-0.39, 0.29) is 12.8 Å². The molecule has 0 aromatic heterocycles. The van der Waals surface area contributed by atoms with Crippen molar-refractivity contribution in [2.24, 2.45) is 11.8 Å². The molecule has 0 heterocycles. The molecule has 0 aliphatic carbocycles. The van der Waals surface area contributed by atoms with E-state index in [9.17, 15) is 29.4 Å². The van der Waals surface area contributed by atoms with Crippen LogP contribution in [0, 0.1) is 11.8 Å². The molecule has 52 heavy (non-hydrogen) atoms. The summed E-state index contributed by atoms with van der Waals surface area (Å²) >= 11 is 0. The molecular formula is C42H76O10. The maximum atomic E-state index is 13.3. The van der Waals surface area contributed by atoms with Crippen LogP contribution in [-0.2, 0) is 28.7 Å². The maximum Gasteiger partial charge on any atom is 0.345 e. The summed E-state index contributed by atoms with van der Waals surface area (Å²) in [5.41, 5.74) is 0. The molecule has 0 radical (unpaired) electrons. The van der Waals surface area contributed by atoms with Gasteiger partial charge in [-0.15, -0.1) is 0 Å². The van der Waals surface area contributed by atoms with Gasteiger partial charge in [0.1, 0.15) is 0 Å². The van der Waals surface area contributed by atoms with Crippen LogP contribution in [0.1, 0.15) is 194 Å². The van der Waals surface area contributed by atoms with Crippen molar-refractivity contribution in [3.8, 4) is 0 Å². The molecule has 0 rings (SSSR count). The molecule has 0 amide bonds. The number of hydrogen-bond donors (Lipinski definition) is 4. The van der Waals surface area contributed by atoms with E-state index in [1.807, 2.05) is 0 Å². The Morgan fingerprint density at radius 3 is 0.981 bits per heavy atom. The highest BCUT2D eigenvalue weighted by Crippen LogP contribution is 2.29. The number of aliphatic hydroxyl groups excluding tert-OH is 4. The molecule has 0 aliphatic rings. The molecule has 0 bridgehead atoms. The molecule has 0 aromatic carbocycles. The van der Waals surface area contributed by atoms with Gasteiger partial charge in [0.05, 0.1) is 25.0 Å². The third-order valence-electron chi connectivity index (χ3n) is 9.78. The second-order valence-electron chi connectivity index (χ2n) is 14.5. The summed E-state index contributed by atoms with van der Waals surface area (Å²) in [6, 6.07) is 0. The Labute approximate surface area is 315 Å². The molecule has 0 saturated heterocycles. The van der Waals surface area contributed by atoms with Gasteiger partial charge < -0.3 is 29.9 Å². The van der Waals surface area contributed by atoms with Gasteiger partial charge in [0.25, 0.3) is 0 Å². The number of carbonyl (C=O) groups is 4. The molecule has 4 unspecified atom stereocenters. The Balaban J connectivity index is 5.11. The van der Waals surface area contributed by atoms with E-state index in [1.54, 1.807) is 0 Å². The monoisotopic (exact) mass is 741 g/mol. The third kappa shape index (κ3) is 27.5. The maximum absolute atomic E-state index is 13.3. The summed E-state index contributed by atoms with van der Waals surface area (Å²) in [6.45, 7) is 2.59. The second-order valence-corrected chi connectivity index (χ2v) is 14.5. The molecule has 0 saturated carbocycles. The first-order valence-electron chi connectivity index (χ1n) is 21.0. The van der Waals surface area contributed by atoms with Gasteiger partial charge in [0.2, 0.25) is 0 Å². The minimum atomic E-state index is -1.91. The predicted octanol–water partition coefficient (Wildman–Crippen LogP) is 8.58. The third-order valence-corrected chi connectivity index (χ3v) is 9.78. The molecule has 10 nitrogen and oxygen atoms in total. The number of unbranched alkanes of at least 4 members (excludes halogenated alkanes) is 23. The fraction of sp³-hybridized carbons (Fsp3) is 0.857. The smallest absolute Gasteiger partial charge is 0.345 e. The van der Waals surface area contributed by atoms with Crippen LogP contribution in [0.25, 0.3) is 0 Å². The summed E-state index contributed by atoms with van der Waals surface area (Å²) in [5.74, 6) is -6.97. The predicted molar refractivity (Wildman–Crippen MR) is 205 cm³/mol. The lowest BCUT2D eigenvalue weighted by atomic mass is 9.83. The van der Waals surface area contributed by atoms with Crippen LogP contribution in [0.4, 0.5) is 0 Å². The molecular weight excluding hydrogens is 664 g/mol. The fourth-order valence-electron chi connectivity index (χ4n) is 6.42. The zero-order valence-corrected chi connectivity index (χ0v) is 32.9. The molecule has 0 aliphatic heterocycles. The zero-order valence-electron chi connectivity index (χ0n) is 32.9. The molecule has 4 atom stereocenters. The summed E-state index contributed by atoms with van der Waals surface area (Å²) in [7, 11) is 0. The number of ether oxygens (including phenoxy) is 2. The van der Waals surface area contributed by atoms with E-state index in [0.717, 1.165) is 57.8 Å². The standard InChI is InChI=1S/C42H76O10/c1-3-5-7-9-11-13-15-17-19-21-23-25-27-29-31-35(39(47)51-41(49)37(45)33-43)36(40(48)52-42(50)38(46)34-44)32-30-28-26-24-22-20-18-16-14-12-10-8-6-4-2/h17,19,35-38,43-46H,3-16,18,20-34H2,1-2H3/b19-17-. The van der Waals surface area contributed by atoms with Crippen LogP contribution in [0.3, 0.4) is 0 Å². The van der Waals surface area contributed by atoms with Crippen molar-refractivity contribution in [2.45, 2.75) is 206 Å². The number of esters is 4. The number of carbonyl (C=O) groups excluding carboxylic acids is 4. The van der Waals surface area contributed by atoms with Gasteiger partial charge in [-0.3, -0.25) is 9.59 Å². The average molecular weight is 741 g/mol. The van der Waals surface area contributed by atoms with E-state index in [2.05, 4.69) is 26.0 Å². The second kappa shape index (κ2) is 35.9.